The van der Waals surface area contributed by atoms with Crippen molar-refractivity contribution in [3.05, 3.63) is 42.0 Å². The van der Waals surface area contributed by atoms with E-state index in [-0.39, 0.29) is 6.04 Å². The van der Waals surface area contributed by atoms with Crippen LogP contribution < -0.4 is 5.73 Å². The van der Waals surface area contributed by atoms with Crippen molar-refractivity contribution in [2.75, 3.05) is 0 Å². The van der Waals surface area contributed by atoms with E-state index in [1.165, 1.54) is 0 Å². The monoisotopic (exact) mass is 229 g/mol. The molecule has 0 fully saturated rings. The van der Waals surface area contributed by atoms with E-state index < -0.39 is 0 Å². The smallest absolute Gasteiger partial charge is 0.123 e. The third kappa shape index (κ3) is 2.42. The minimum absolute atomic E-state index is 0.0282. The van der Waals surface area contributed by atoms with E-state index in [4.69, 9.17) is 5.73 Å². The zero-order valence-electron chi connectivity index (χ0n) is 10.4. The number of nitrogens with two attached hydrogens (primary N) is 1. The second-order valence-electron chi connectivity index (χ2n) is 4.96. The predicted molar refractivity (Wildman–Crippen MR) is 72.0 cm³/mol. The van der Waals surface area contributed by atoms with E-state index in [0.29, 0.717) is 11.7 Å². The molecule has 0 aromatic heterocycles. The van der Waals surface area contributed by atoms with Gasteiger partial charge in [0.25, 0.3) is 0 Å². The lowest BCUT2D eigenvalue weighted by molar-refractivity contribution is 0.480. The molecule has 0 amide bonds. The highest BCUT2D eigenvalue weighted by molar-refractivity contribution is 5.91. The molecular weight excluding hydrogens is 210 g/mol. The van der Waals surface area contributed by atoms with Gasteiger partial charge in [-0.15, -0.1) is 0 Å². The lowest BCUT2D eigenvalue weighted by Crippen LogP contribution is -2.13. The van der Waals surface area contributed by atoms with Gasteiger partial charge in [-0.1, -0.05) is 44.2 Å². The van der Waals surface area contributed by atoms with Crippen LogP contribution in [0, 0.1) is 5.92 Å². The molecule has 0 heterocycles. The number of benzene rings is 2. The highest BCUT2D eigenvalue weighted by Gasteiger charge is 2.12. The first kappa shape index (κ1) is 11.9. The van der Waals surface area contributed by atoms with E-state index in [0.717, 1.165) is 22.8 Å². The molecule has 90 valence electrons. The average Bonchev–Trinajstić information content (AvgIpc) is 2.29. The minimum atomic E-state index is 0.0282. The fraction of sp³-hybridized carbons (Fsp3) is 0.333. The van der Waals surface area contributed by atoms with Crippen molar-refractivity contribution in [2.45, 2.75) is 26.3 Å². The summed E-state index contributed by atoms with van der Waals surface area (Å²) >= 11 is 0. The van der Waals surface area contributed by atoms with E-state index in [1.54, 1.807) is 6.07 Å². The van der Waals surface area contributed by atoms with Gasteiger partial charge in [-0.3, -0.25) is 0 Å². The number of phenols is 1. The van der Waals surface area contributed by atoms with Crippen molar-refractivity contribution in [1.29, 1.82) is 0 Å². The molecule has 1 unspecified atom stereocenters. The molecule has 0 saturated heterocycles. The Bertz CT molecular complexity index is 519. The van der Waals surface area contributed by atoms with Crippen molar-refractivity contribution in [3.8, 4) is 5.75 Å². The number of fused-ring (bicyclic) bond motifs is 1. The summed E-state index contributed by atoms with van der Waals surface area (Å²) in [7, 11) is 0. The molecule has 0 spiro atoms. The predicted octanol–water partition coefficient (Wildman–Crippen LogP) is 3.59. The largest absolute Gasteiger partial charge is 0.507 e. The second kappa shape index (κ2) is 4.76. The van der Waals surface area contributed by atoms with Crippen molar-refractivity contribution in [2.24, 2.45) is 11.7 Å². The molecule has 17 heavy (non-hydrogen) atoms. The second-order valence-corrected chi connectivity index (χ2v) is 4.96. The zero-order valence-corrected chi connectivity index (χ0v) is 10.4. The van der Waals surface area contributed by atoms with Crippen LogP contribution in [0.2, 0.25) is 0 Å². The van der Waals surface area contributed by atoms with Gasteiger partial charge in [-0.2, -0.15) is 0 Å². The molecule has 0 saturated carbocycles. The maximum Gasteiger partial charge on any atom is 0.123 e. The van der Waals surface area contributed by atoms with Crippen molar-refractivity contribution < 1.29 is 5.11 Å². The van der Waals surface area contributed by atoms with Gasteiger partial charge in [-0.05, 0) is 29.4 Å². The van der Waals surface area contributed by atoms with Gasteiger partial charge in [0.15, 0.2) is 0 Å². The Hall–Kier alpha value is -1.54. The molecular formula is C15H19NO. The van der Waals surface area contributed by atoms with Gasteiger partial charge < -0.3 is 10.8 Å². The number of phenolic OH excluding ortho intramolecular Hbond substituents is 1. The summed E-state index contributed by atoms with van der Waals surface area (Å²) < 4.78 is 0. The standard InChI is InChI=1S/C15H19NO/c1-10(2)9-14(16)12-7-8-15(17)13-6-4-3-5-11(12)13/h3-8,10,14,17H,9,16H2,1-2H3. The van der Waals surface area contributed by atoms with Crippen molar-refractivity contribution in [3.63, 3.8) is 0 Å². The molecule has 2 aromatic carbocycles. The van der Waals surface area contributed by atoms with Crippen LogP contribution >= 0.6 is 0 Å². The molecule has 0 aliphatic heterocycles. The molecule has 2 heteroatoms. The van der Waals surface area contributed by atoms with Crippen LogP contribution in [-0.4, -0.2) is 5.11 Å². The summed E-state index contributed by atoms with van der Waals surface area (Å²) in [4.78, 5) is 0. The highest BCUT2D eigenvalue weighted by atomic mass is 16.3. The van der Waals surface area contributed by atoms with Crippen LogP contribution in [0.3, 0.4) is 0 Å². The first-order valence-electron chi connectivity index (χ1n) is 6.05. The van der Waals surface area contributed by atoms with E-state index in [2.05, 4.69) is 13.8 Å². The maximum atomic E-state index is 9.82. The molecule has 2 aromatic rings. The van der Waals surface area contributed by atoms with Crippen LogP contribution in [0.15, 0.2) is 36.4 Å². The van der Waals surface area contributed by atoms with Crippen LogP contribution in [0.5, 0.6) is 5.75 Å². The Balaban J connectivity index is 2.51. The number of hydrogen-bond acceptors (Lipinski definition) is 2. The quantitative estimate of drug-likeness (QED) is 0.844. The maximum absolute atomic E-state index is 9.82. The Labute approximate surface area is 102 Å². The Morgan fingerprint density at radius 3 is 2.35 bits per heavy atom. The topological polar surface area (TPSA) is 46.2 Å². The summed E-state index contributed by atoms with van der Waals surface area (Å²) in [6, 6.07) is 11.6. The molecule has 0 aliphatic rings. The molecule has 3 N–H and O–H groups in total. The highest BCUT2D eigenvalue weighted by Crippen LogP contribution is 2.31. The summed E-state index contributed by atoms with van der Waals surface area (Å²) in [6.07, 6.45) is 0.953. The van der Waals surface area contributed by atoms with Crippen molar-refractivity contribution in [1.82, 2.24) is 0 Å². The lowest BCUT2D eigenvalue weighted by atomic mass is 9.93. The number of aromatic hydroxyl groups is 1. The number of rotatable bonds is 3. The van der Waals surface area contributed by atoms with Gasteiger partial charge in [-0.25, -0.2) is 0 Å². The van der Waals surface area contributed by atoms with E-state index >= 15 is 0 Å². The molecule has 2 rings (SSSR count). The zero-order chi connectivity index (χ0) is 12.4. The summed E-state index contributed by atoms with van der Waals surface area (Å²) in [5, 5.41) is 11.8. The van der Waals surface area contributed by atoms with Crippen LogP contribution in [0.4, 0.5) is 0 Å². The van der Waals surface area contributed by atoms with Gasteiger partial charge in [0.1, 0.15) is 5.75 Å². The van der Waals surface area contributed by atoms with Gasteiger partial charge >= 0.3 is 0 Å². The molecule has 0 radical (unpaired) electrons. The Kier molecular flexibility index (Phi) is 3.34. The average molecular weight is 229 g/mol. The van der Waals surface area contributed by atoms with Gasteiger partial charge in [0, 0.05) is 11.4 Å². The summed E-state index contributed by atoms with van der Waals surface area (Å²) in [5.74, 6) is 0.888. The lowest BCUT2D eigenvalue weighted by Gasteiger charge is -2.17. The Morgan fingerprint density at radius 2 is 1.71 bits per heavy atom. The fourth-order valence-electron chi connectivity index (χ4n) is 2.26. The van der Waals surface area contributed by atoms with E-state index in [1.807, 2.05) is 30.3 Å². The van der Waals surface area contributed by atoms with Crippen LogP contribution in [0.1, 0.15) is 31.9 Å². The summed E-state index contributed by atoms with van der Waals surface area (Å²) in [5.41, 5.74) is 7.35. The van der Waals surface area contributed by atoms with Gasteiger partial charge in [0.05, 0.1) is 0 Å². The molecule has 0 bridgehead atoms. The number of hydrogen-bond donors (Lipinski definition) is 2. The fourth-order valence-corrected chi connectivity index (χ4v) is 2.26. The third-order valence-corrected chi connectivity index (χ3v) is 3.06. The first-order valence-corrected chi connectivity index (χ1v) is 6.05. The molecule has 0 aliphatic carbocycles. The van der Waals surface area contributed by atoms with Crippen molar-refractivity contribution >= 4 is 10.8 Å². The third-order valence-electron chi connectivity index (χ3n) is 3.06. The normalized spacial score (nSPS) is 13.2. The van der Waals surface area contributed by atoms with Crippen LogP contribution in [-0.2, 0) is 0 Å². The summed E-state index contributed by atoms with van der Waals surface area (Å²) in [6.45, 7) is 4.34. The van der Waals surface area contributed by atoms with Crippen LogP contribution in [0.25, 0.3) is 10.8 Å². The SMILES string of the molecule is CC(C)CC(N)c1ccc(O)c2ccccc12. The molecule has 2 nitrogen and oxygen atoms in total. The minimum Gasteiger partial charge on any atom is -0.507 e. The Morgan fingerprint density at radius 1 is 1.06 bits per heavy atom. The first-order chi connectivity index (χ1) is 8.09. The molecule has 1 atom stereocenters. The van der Waals surface area contributed by atoms with E-state index in [9.17, 15) is 5.11 Å². The van der Waals surface area contributed by atoms with Gasteiger partial charge in [0.2, 0.25) is 0 Å².